The molecule has 220 valence electrons. The molecule has 1 saturated heterocycles. The minimum Gasteiger partial charge on any atom is -0.405 e. The van der Waals surface area contributed by atoms with E-state index in [1.165, 1.54) is 37.2 Å². The van der Waals surface area contributed by atoms with E-state index in [0.717, 1.165) is 32.4 Å². The van der Waals surface area contributed by atoms with Crippen molar-refractivity contribution in [3.8, 4) is 11.8 Å². The lowest BCUT2D eigenvalue weighted by atomic mass is 9.47. The Morgan fingerprint density at radius 2 is 1.78 bits per heavy atom. The first-order chi connectivity index (χ1) is 19.6. The number of nitrogens with one attached hydrogen (secondary N) is 2. The number of alkyl halides is 3. The lowest BCUT2D eigenvalue weighted by Crippen LogP contribution is -2.69. The van der Waals surface area contributed by atoms with Gasteiger partial charge in [0.2, 0.25) is 5.95 Å². The standard InChI is InChI=1S/C29H35F3N6O3/c30-29(31,32)41-23-4-2-1-3-19(23)11-34-26-35-12-22(10-33)25(37-26)36-13-27-7-18-5-20(8-27)24(21(6-18)9-27)38-14-28(15-38,16-39)17-40/h1-4,12,18,20-21,24,39-40H,5-9,11,13-17H2,(H2,34,35,36,37)/t18?,20-,21+,24?,27?. The summed E-state index contributed by atoms with van der Waals surface area (Å²) in [6.07, 6.45) is 2.38. The smallest absolute Gasteiger partial charge is 0.405 e. The quantitative estimate of drug-likeness (QED) is 0.337. The van der Waals surface area contributed by atoms with E-state index in [-0.39, 0.29) is 42.3 Å². The summed E-state index contributed by atoms with van der Waals surface area (Å²) in [5.74, 6) is 2.16. The summed E-state index contributed by atoms with van der Waals surface area (Å²) in [4.78, 5) is 11.2. The third-order valence-electron chi connectivity index (χ3n) is 9.69. The lowest BCUT2D eigenvalue weighted by molar-refractivity contribution is -0.274. The number of aliphatic hydroxyl groups is 2. The third kappa shape index (κ3) is 5.55. The SMILES string of the molecule is N#Cc1cnc(NCc2ccccc2OC(F)(F)F)nc1NCC12CC3C[C@H](C1)C(N1CC(CO)(CO)C1)[C@@H](C3)C2. The van der Waals surface area contributed by atoms with Crippen LogP contribution in [0.3, 0.4) is 0 Å². The zero-order valence-corrected chi connectivity index (χ0v) is 22.7. The maximum Gasteiger partial charge on any atom is 0.573 e. The van der Waals surface area contributed by atoms with Gasteiger partial charge in [0.15, 0.2) is 0 Å². The van der Waals surface area contributed by atoms with E-state index in [2.05, 4.69) is 36.3 Å². The van der Waals surface area contributed by atoms with Gasteiger partial charge in [-0.15, -0.1) is 13.2 Å². The van der Waals surface area contributed by atoms with E-state index in [1.807, 2.05) is 0 Å². The Kier molecular flexibility index (Phi) is 7.24. The molecule has 4 aliphatic carbocycles. The molecule has 1 aromatic heterocycles. The van der Waals surface area contributed by atoms with Crippen molar-refractivity contribution in [1.82, 2.24) is 14.9 Å². The second-order valence-electron chi connectivity index (χ2n) is 12.6. The van der Waals surface area contributed by atoms with Crippen molar-refractivity contribution < 1.29 is 28.1 Å². The van der Waals surface area contributed by atoms with Gasteiger partial charge in [0.05, 0.1) is 19.4 Å². The Hall–Kier alpha value is -3.14. The number of aliphatic hydroxyl groups excluding tert-OH is 2. The summed E-state index contributed by atoms with van der Waals surface area (Å²) in [5, 5.41) is 35.6. The van der Waals surface area contributed by atoms with Gasteiger partial charge in [-0.05, 0) is 61.3 Å². The van der Waals surface area contributed by atoms with Crippen LogP contribution in [0.5, 0.6) is 5.75 Å². The number of rotatable bonds is 10. The molecule has 3 unspecified atom stereocenters. The predicted molar refractivity (Wildman–Crippen MR) is 144 cm³/mol. The number of hydrogen-bond donors (Lipinski definition) is 4. The summed E-state index contributed by atoms with van der Waals surface area (Å²) < 4.78 is 42.5. The maximum absolute atomic E-state index is 12.8. The van der Waals surface area contributed by atoms with Gasteiger partial charge >= 0.3 is 6.36 Å². The maximum atomic E-state index is 12.8. The number of nitrogens with zero attached hydrogens (tertiary/aromatic N) is 4. The number of aromatic nitrogens is 2. The van der Waals surface area contributed by atoms with Crippen LogP contribution in [0.1, 0.15) is 43.2 Å². The number of halogens is 3. The van der Waals surface area contributed by atoms with E-state index >= 15 is 0 Å². The van der Waals surface area contributed by atoms with Gasteiger partial charge in [-0.25, -0.2) is 4.98 Å². The number of ether oxygens (including phenoxy) is 1. The van der Waals surface area contributed by atoms with Crippen molar-refractivity contribution >= 4 is 11.8 Å². The Bertz CT molecular complexity index is 1290. The molecule has 12 heteroatoms. The summed E-state index contributed by atoms with van der Waals surface area (Å²) in [7, 11) is 0. The molecular formula is C29H35F3N6O3. The van der Waals surface area contributed by atoms with Crippen LogP contribution in [0.15, 0.2) is 30.5 Å². The van der Waals surface area contributed by atoms with Crippen molar-refractivity contribution in [1.29, 1.82) is 5.26 Å². The first-order valence-corrected chi connectivity index (χ1v) is 14.2. The van der Waals surface area contributed by atoms with Gasteiger partial charge in [0, 0.05) is 43.2 Å². The zero-order valence-electron chi connectivity index (χ0n) is 22.7. The van der Waals surface area contributed by atoms with E-state index in [0.29, 0.717) is 47.3 Å². The van der Waals surface area contributed by atoms with E-state index < -0.39 is 6.36 Å². The molecule has 9 nitrogen and oxygen atoms in total. The minimum atomic E-state index is -4.80. The van der Waals surface area contributed by atoms with Crippen LogP contribution in [-0.4, -0.2) is 70.3 Å². The van der Waals surface area contributed by atoms with E-state index in [1.54, 1.807) is 6.07 Å². The molecule has 2 heterocycles. The first kappa shape index (κ1) is 28.0. The predicted octanol–water partition coefficient (Wildman–Crippen LogP) is 3.75. The molecular weight excluding hydrogens is 537 g/mol. The Morgan fingerprint density at radius 3 is 2.44 bits per heavy atom. The highest BCUT2D eigenvalue weighted by Crippen LogP contribution is 2.62. The Labute approximate surface area is 236 Å². The molecule has 5 atom stereocenters. The highest BCUT2D eigenvalue weighted by atomic mass is 19.4. The molecule has 7 rings (SSSR count). The van der Waals surface area contributed by atoms with Crippen LogP contribution in [0.2, 0.25) is 0 Å². The molecule has 0 amide bonds. The van der Waals surface area contributed by atoms with Crippen molar-refractivity contribution in [2.24, 2.45) is 28.6 Å². The van der Waals surface area contributed by atoms with Crippen LogP contribution in [0.4, 0.5) is 24.9 Å². The first-order valence-electron chi connectivity index (χ1n) is 14.2. The lowest BCUT2D eigenvalue weighted by Gasteiger charge is -2.65. The van der Waals surface area contributed by atoms with Crippen molar-refractivity contribution in [2.45, 2.75) is 51.1 Å². The fraction of sp³-hybridized carbons (Fsp3) is 0.621. The van der Waals surface area contributed by atoms with Crippen molar-refractivity contribution in [3.63, 3.8) is 0 Å². The monoisotopic (exact) mass is 572 g/mol. The number of para-hydroxylation sites is 1. The van der Waals surface area contributed by atoms with Crippen LogP contribution in [0, 0.1) is 39.9 Å². The van der Waals surface area contributed by atoms with Crippen LogP contribution >= 0.6 is 0 Å². The average molecular weight is 573 g/mol. The topological polar surface area (TPSA) is 127 Å². The normalized spacial score (nSPS) is 30.0. The molecule has 1 aromatic carbocycles. The van der Waals surface area contributed by atoms with E-state index in [9.17, 15) is 28.6 Å². The zero-order chi connectivity index (χ0) is 28.8. The number of hydrogen-bond acceptors (Lipinski definition) is 9. The fourth-order valence-corrected chi connectivity index (χ4v) is 8.26. The highest BCUT2D eigenvalue weighted by Gasteiger charge is 2.59. The largest absolute Gasteiger partial charge is 0.573 e. The molecule has 41 heavy (non-hydrogen) atoms. The highest BCUT2D eigenvalue weighted by molar-refractivity contribution is 5.53. The van der Waals surface area contributed by atoms with Gasteiger partial charge < -0.3 is 25.6 Å². The van der Waals surface area contributed by atoms with Gasteiger partial charge in [-0.1, -0.05) is 18.2 Å². The molecule has 4 N–H and O–H groups in total. The molecule has 0 radical (unpaired) electrons. The Balaban J connectivity index is 1.11. The molecule has 4 bridgehead atoms. The average Bonchev–Trinajstić information content (AvgIpc) is 2.91. The van der Waals surface area contributed by atoms with Crippen molar-refractivity contribution in [3.05, 3.63) is 41.6 Å². The number of nitriles is 1. The van der Waals surface area contributed by atoms with Gasteiger partial charge in [0.25, 0.3) is 0 Å². The minimum absolute atomic E-state index is 0.0122. The van der Waals surface area contributed by atoms with Gasteiger partial charge in [0.1, 0.15) is 23.2 Å². The molecule has 4 saturated carbocycles. The van der Waals surface area contributed by atoms with Crippen LogP contribution in [-0.2, 0) is 6.54 Å². The van der Waals surface area contributed by atoms with Gasteiger partial charge in [-0.3, -0.25) is 4.90 Å². The second-order valence-corrected chi connectivity index (χ2v) is 12.6. The molecule has 2 aromatic rings. The second kappa shape index (κ2) is 10.6. The molecule has 5 fully saturated rings. The number of likely N-dealkylation sites (tertiary alicyclic amines) is 1. The summed E-state index contributed by atoms with van der Waals surface area (Å²) in [5.41, 5.74) is 0.354. The van der Waals surface area contributed by atoms with Crippen LogP contribution < -0.4 is 15.4 Å². The molecule has 5 aliphatic rings. The van der Waals surface area contributed by atoms with E-state index in [4.69, 9.17) is 0 Å². The summed E-state index contributed by atoms with van der Waals surface area (Å²) in [6, 6.07) is 8.52. The van der Waals surface area contributed by atoms with Gasteiger partial charge in [-0.2, -0.15) is 10.2 Å². The molecule has 0 spiro atoms. The number of benzene rings is 1. The number of anilines is 2. The fourth-order valence-electron chi connectivity index (χ4n) is 8.26. The Morgan fingerprint density at radius 1 is 1.07 bits per heavy atom. The van der Waals surface area contributed by atoms with Crippen molar-refractivity contribution in [2.75, 3.05) is 43.5 Å². The van der Waals surface area contributed by atoms with Crippen LogP contribution in [0.25, 0.3) is 0 Å². The summed E-state index contributed by atoms with van der Waals surface area (Å²) >= 11 is 0. The molecule has 1 aliphatic heterocycles. The third-order valence-corrected chi connectivity index (χ3v) is 9.69. The summed E-state index contributed by atoms with van der Waals surface area (Å²) in [6.45, 7) is 2.24.